The van der Waals surface area contributed by atoms with Crippen LogP contribution in [0.3, 0.4) is 0 Å². The summed E-state index contributed by atoms with van der Waals surface area (Å²) in [5.41, 5.74) is 0. The van der Waals surface area contributed by atoms with E-state index in [2.05, 4.69) is 43.5 Å². The number of carbonyl (C=O) groups excluding carboxylic acids is 2. The summed E-state index contributed by atoms with van der Waals surface area (Å²) < 4.78 is 5.49. The van der Waals surface area contributed by atoms with Gasteiger partial charge in [-0.3, -0.25) is 9.59 Å². The van der Waals surface area contributed by atoms with Gasteiger partial charge in [0.1, 0.15) is 0 Å². The average molecular weight is 1000 g/mol. The van der Waals surface area contributed by atoms with Gasteiger partial charge in [0.15, 0.2) is 0 Å². The molecule has 3 N–H and O–H groups in total. The number of hydrogen-bond donors (Lipinski definition) is 3. The number of aliphatic hydroxyl groups excluding tert-OH is 2. The maximum absolute atomic E-state index is 12.5. The zero-order valence-electron chi connectivity index (χ0n) is 48.0. The topological polar surface area (TPSA) is 95.9 Å². The smallest absolute Gasteiger partial charge is 0.305 e. The summed E-state index contributed by atoms with van der Waals surface area (Å²) in [5, 5.41) is 23.3. The number of unbranched alkanes of at least 4 members (excludes halogenated alkanes) is 45. The number of esters is 1. The van der Waals surface area contributed by atoms with Crippen molar-refractivity contribution in [2.75, 3.05) is 13.2 Å². The predicted molar refractivity (Wildman–Crippen MR) is 310 cm³/mol. The lowest BCUT2D eigenvalue weighted by molar-refractivity contribution is -0.143. The highest BCUT2D eigenvalue weighted by Crippen LogP contribution is 2.18. The molecule has 0 aliphatic rings. The van der Waals surface area contributed by atoms with Crippen LogP contribution in [0.15, 0.2) is 24.3 Å². The van der Waals surface area contributed by atoms with Crippen molar-refractivity contribution in [2.45, 2.75) is 366 Å². The maximum Gasteiger partial charge on any atom is 0.305 e. The zero-order valence-corrected chi connectivity index (χ0v) is 48.0. The van der Waals surface area contributed by atoms with Crippen LogP contribution in [-0.4, -0.2) is 47.4 Å². The summed E-state index contributed by atoms with van der Waals surface area (Å²) in [6.07, 6.45) is 74.8. The Balaban J connectivity index is 3.36. The first-order valence-corrected chi connectivity index (χ1v) is 32.1. The average Bonchev–Trinajstić information content (AvgIpc) is 3.37. The van der Waals surface area contributed by atoms with Crippen LogP contribution in [0.1, 0.15) is 354 Å². The molecule has 420 valence electrons. The van der Waals surface area contributed by atoms with E-state index in [-0.39, 0.29) is 18.5 Å². The van der Waals surface area contributed by atoms with Crippen molar-refractivity contribution in [3.8, 4) is 0 Å². The molecule has 0 fully saturated rings. The first-order valence-electron chi connectivity index (χ1n) is 32.1. The van der Waals surface area contributed by atoms with E-state index in [4.69, 9.17) is 4.74 Å². The Morgan fingerprint density at radius 2 is 0.704 bits per heavy atom. The number of allylic oxidation sites excluding steroid dienone is 4. The van der Waals surface area contributed by atoms with Crippen molar-refractivity contribution in [3.05, 3.63) is 24.3 Å². The third kappa shape index (κ3) is 57.5. The Morgan fingerprint density at radius 3 is 1.08 bits per heavy atom. The Hall–Kier alpha value is -1.66. The summed E-state index contributed by atoms with van der Waals surface area (Å²) >= 11 is 0. The number of ether oxygens (including phenoxy) is 1. The van der Waals surface area contributed by atoms with E-state index in [1.807, 2.05) is 0 Å². The van der Waals surface area contributed by atoms with E-state index >= 15 is 0 Å². The van der Waals surface area contributed by atoms with Crippen molar-refractivity contribution < 1.29 is 24.5 Å². The lowest BCUT2D eigenvalue weighted by atomic mass is 10.0. The van der Waals surface area contributed by atoms with Crippen LogP contribution >= 0.6 is 0 Å². The summed E-state index contributed by atoms with van der Waals surface area (Å²) in [7, 11) is 0. The second-order valence-corrected chi connectivity index (χ2v) is 22.1. The van der Waals surface area contributed by atoms with Crippen molar-refractivity contribution in [3.63, 3.8) is 0 Å². The van der Waals surface area contributed by atoms with Gasteiger partial charge < -0.3 is 20.3 Å². The molecular formula is C65H125NO5. The van der Waals surface area contributed by atoms with Gasteiger partial charge in [-0.1, -0.05) is 308 Å². The first kappa shape index (κ1) is 69.3. The molecular weight excluding hydrogens is 875 g/mol. The standard InChI is InChI=1S/C65H125NO5/c1-3-5-7-9-11-13-15-17-19-31-35-39-43-47-51-55-59-65(70)71-60-56-52-48-44-40-36-32-29-27-25-23-21-20-22-24-26-28-30-34-38-42-46-50-54-58-64(69)66-62(61-67)63(68)57-53-49-45-41-37-33-18-16-14-12-10-8-6-4-2/h13,15,19,31,62-63,67-68H,3-12,14,16-18,20-30,32-61H2,1-2H3,(H,66,69)/b15-13-,31-19-. The number of carbonyl (C=O) groups is 2. The van der Waals surface area contributed by atoms with Crippen LogP contribution in [0.25, 0.3) is 0 Å². The molecule has 1 amide bonds. The molecule has 2 atom stereocenters. The van der Waals surface area contributed by atoms with Gasteiger partial charge in [0.05, 0.1) is 25.4 Å². The highest BCUT2D eigenvalue weighted by molar-refractivity contribution is 5.76. The normalized spacial score (nSPS) is 12.7. The molecule has 6 nitrogen and oxygen atoms in total. The number of aliphatic hydroxyl groups is 2. The predicted octanol–water partition coefficient (Wildman–Crippen LogP) is 20.2. The summed E-state index contributed by atoms with van der Waals surface area (Å²) in [6.45, 7) is 4.95. The summed E-state index contributed by atoms with van der Waals surface area (Å²) in [6, 6.07) is -0.540. The van der Waals surface area contributed by atoms with Crippen LogP contribution < -0.4 is 5.32 Å². The molecule has 0 aliphatic carbocycles. The molecule has 71 heavy (non-hydrogen) atoms. The molecule has 0 bridgehead atoms. The Bertz CT molecular complexity index is 1110. The fourth-order valence-electron chi connectivity index (χ4n) is 10.1. The SMILES string of the molecule is CCCCCC/C=C\C/C=C\CCCCCCCC(=O)OCCCCCCCCCCCCCCCCCCCCCCCCCCC(=O)NC(CO)C(O)CCCCCCCCCCCCCCCC. The highest BCUT2D eigenvalue weighted by Gasteiger charge is 2.20. The maximum atomic E-state index is 12.5. The highest BCUT2D eigenvalue weighted by atomic mass is 16.5. The minimum Gasteiger partial charge on any atom is -0.466 e. The molecule has 0 spiro atoms. The van der Waals surface area contributed by atoms with Gasteiger partial charge in [-0.15, -0.1) is 0 Å². The fraction of sp³-hybridized carbons (Fsp3) is 0.908. The minimum absolute atomic E-state index is 0.00243. The van der Waals surface area contributed by atoms with Gasteiger partial charge in [0.25, 0.3) is 0 Å². The Labute approximate surface area is 443 Å². The quantitative estimate of drug-likeness (QED) is 0.0320. The molecule has 2 unspecified atom stereocenters. The third-order valence-electron chi connectivity index (χ3n) is 15.0. The minimum atomic E-state index is -0.663. The van der Waals surface area contributed by atoms with Gasteiger partial charge in [-0.25, -0.2) is 0 Å². The first-order chi connectivity index (χ1) is 35.0. The lowest BCUT2D eigenvalue weighted by Crippen LogP contribution is -2.45. The van der Waals surface area contributed by atoms with E-state index in [9.17, 15) is 19.8 Å². The van der Waals surface area contributed by atoms with Crippen LogP contribution in [-0.2, 0) is 14.3 Å². The van der Waals surface area contributed by atoms with Crippen LogP contribution in [0, 0.1) is 0 Å². The number of amides is 1. The zero-order chi connectivity index (χ0) is 51.4. The number of rotatable bonds is 60. The second-order valence-electron chi connectivity index (χ2n) is 22.1. The van der Waals surface area contributed by atoms with Crippen molar-refractivity contribution >= 4 is 11.9 Å². The van der Waals surface area contributed by atoms with E-state index in [0.717, 1.165) is 51.4 Å². The molecule has 0 aromatic rings. The molecule has 0 aliphatic heterocycles. The van der Waals surface area contributed by atoms with Gasteiger partial charge in [0, 0.05) is 12.8 Å². The summed E-state index contributed by atoms with van der Waals surface area (Å²) in [4.78, 5) is 24.6. The largest absolute Gasteiger partial charge is 0.466 e. The van der Waals surface area contributed by atoms with Crippen molar-refractivity contribution in [1.82, 2.24) is 5.32 Å². The van der Waals surface area contributed by atoms with Gasteiger partial charge in [-0.2, -0.15) is 0 Å². The molecule has 6 heteroatoms. The van der Waals surface area contributed by atoms with Gasteiger partial charge in [-0.05, 0) is 57.8 Å². The molecule has 0 heterocycles. The van der Waals surface area contributed by atoms with Gasteiger partial charge in [0.2, 0.25) is 5.91 Å². The van der Waals surface area contributed by atoms with Crippen molar-refractivity contribution in [2.24, 2.45) is 0 Å². The molecule has 0 aromatic heterocycles. The van der Waals surface area contributed by atoms with Crippen LogP contribution in [0.2, 0.25) is 0 Å². The Morgan fingerprint density at radius 1 is 0.394 bits per heavy atom. The molecule has 0 radical (unpaired) electrons. The molecule has 0 aromatic carbocycles. The second kappa shape index (κ2) is 60.9. The number of nitrogens with one attached hydrogen (secondary N) is 1. The third-order valence-corrected chi connectivity index (χ3v) is 15.0. The monoisotopic (exact) mass is 1000 g/mol. The van der Waals surface area contributed by atoms with Gasteiger partial charge >= 0.3 is 5.97 Å². The molecule has 0 rings (SSSR count). The van der Waals surface area contributed by atoms with E-state index in [0.29, 0.717) is 25.9 Å². The fourth-order valence-corrected chi connectivity index (χ4v) is 10.1. The lowest BCUT2D eigenvalue weighted by Gasteiger charge is -2.22. The molecule has 0 saturated heterocycles. The number of hydrogen-bond acceptors (Lipinski definition) is 5. The van der Waals surface area contributed by atoms with E-state index in [1.54, 1.807) is 0 Å². The van der Waals surface area contributed by atoms with E-state index < -0.39 is 12.1 Å². The van der Waals surface area contributed by atoms with Crippen LogP contribution in [0.5, 0.6) is 0 Å². The van der Waals surface area contributed by atoms with Crippen LogP contribution in [0.4, 0.5) is 0 Å². The van der Waals surface area contributed by atoms with Crippen molar-refractivity contribution in [1.29, 1.82) is 0 Å². The van der Waals surface area contributed by atoms with E-state index in [1.165, 1.54) is 270 Å². The summed E-state index contributed by atoms with van der Waals surface area (Å²) in [5.74, 6) is -0.0297. The molecule has 0 saturated carbocycles. The Kier molecular flexibility index (Phi) is 59.5.